The molecule has 2 aromatic rings. The quantitative estimate of drug-likeness (QED) is 0.923. The van der Waals surface area contributed by atoms with Crippen molar-refractivity contribution in [2.45, 2.75) is 18.6 Å². The minimum absolute atomic E-state index is 0.279. The van der Waals surface area contributed by atoms with E-state index in [1.165, 1.54) is 12.1 Å². The SMILES string of the molecule is O=C(NC1Cc2ccccc2C1=O)c1ccccc1C(F)(F)F. The van der Waals surface area contributed by atoms with Crippen LogP contribution < -0.4 is 5.32 Å². The van der Waals surface area contributed by atoms with Gasteiger partial charge < -0.3 is 5.32 Å². The van der Waals surface area contributed by atoms with Crippen LogP contribution >= 0.6 is 0 Å². The molecule has 6 heteroatoms. The molecule has 1 N–H and O–H groups in total. The number of alkyl halides is 3. The number of Topliss-reactive ketones (excluding diaryl/α,β-unsaturated/α-hetero) is 1. The van der Waals surface area contributed by atoms with Crippen LogP contribution in [0.1, 0.15) is 31.8 Å². The Kier molecular flexibility index (Phi) is 3.67. The molecule has 2 aromatic carbocycles. The maximum atomic E-state index is 13.0. The van der Waals surface area contributed by atoms with Crippen molar-refractivity contribution in [2.24, 2.45) is 0 Å². The summed E-state index contributed by atoms with van der Waals surface area (Å²) in [5.74, 6) is -1.18. The number of fused-ring (bicyclic) bond motifs is 1. The van der Waals surface area contributed by atoms with Crippen LogP contribution in [0.2, 0.25) is 0 Å². The number of rotatable bonds is 2. The van der Waals surface area contributed by atoms with Crippen LogP contribution in [-0.2, 0) is 12.6 Å². The first-order valence-electron chi connectivity index (χ1n) is 6.97. The van der Waals surface area contributed by atoms with Gasteiger partial charge >= 0.3 is 6.18 Å². The molecule has 1 unspecified atom stereocenters. The number of halogens is 3. The molecule has 23 heavy (non-hydrogen) atoms. The predicted octanol–water partition coefficient (Wildman–Crippen LogP) is 3.24. The van der Waals surface area contributed by atoms with Gasteiger partial charge in [0.25, 0.3) is 5.91 Å². The monoisotopic (exact) mass is 319 g/mol. The van der Waals surface area contributed by atoms with E-state index in [0.717, 1.165) is 17.7 Å². The Bertz CT molecular complexity index is 783. The van der Waals surface area contributed by atoms with Crippen molar-refractivity contribution in [3.05, 3.63) is 70.8 Å². The van der Waals surface area contributed by atoms with Gasteiger partial charge in [-0.05, 0) is 17.7 Å². The van der Waals surface area contributed by atoms with Crippen molar-refractivity contribution < 1.29 is 22.8 Å². The Morgan fingerprint density at radius 3 is 2.39 bits per heavy atom. The lowest BCUT2D eigenvalue weighted by Gasteiger charge is -2.15. The van der Waals surface area contributed by atoms with Gasteiger partial charge in [-0.15, -0.1) is 0 Å². The molecule has 0 heterocycles. The molecule has 1 aliphatic rings. The van der Waals surface area contributed by atoms with Gasteiger partial charge in [-0.3, -0.25) is 9.59 Å². The second-order valence-corrected chi connectivity index (χ2v) is 5.29. The summed E-state index contributed by atoms with van der Waals surface area (Å²) in [6.07, 6.45) is -4.34. The molecule has 1 amide bonds. The van der Waals surface area contributed by atoms with Crippen LogP contribution in [-0.4, -0.2) is 17.7 Å². The van der Waals surface area contributed by atoms with E-state index in [4.69, 9.17) is 0 Å². The first-order chi connectivity index (χ1) is 10.9. The molecular formula is C17H12F3NO2. The van der Waals surface area contributed by atoms with E-state index in [2.05, 4.69) is 5.32 Å². The van der Waals surface area contributed by atoms with Gasteiger partial charge in [0.2, 0.25) is 0 Å². The maximum Gasteiger partial charge on any atom is 0.417 e. The largest absolute Gasteiger partial charge is 0.417 e. The van der Waals surface area contributed by atoms with Crippen LogP contribution in [0, 0.1) is 0 Å². The summed E-state index contributed by atoms with van der Waals surface area (Å²) in [5, 5.41) is 2.42. The van der Waals surface area contributed by atoms with Gasteiger partial charge in [0.1, 0.15) is 0 Å². The number of benzene rings is 2. The number of nitrogens with one attached hydrogen (secondary N) is 1. The van der Waals surface area contributed by atoms with E-state index >= 15 is 0 Å². The minimum atomic E-state index is -4.63. The molecule has 0 saturated heterocycles. The summed E-state index contributed by atoms with van der Waals surface area (Å²) in [5.41, 5.74) is -0.210. The number of carbonyl (C=O) groups is 2. The molecule has 0 aromatic heterocycles. The first kappa shape index (κ1) is 15.3. The van der Waals surface area contributed by atoms with Crippen molar-refractivity contribution in [3.63, 3.8) is 0 Å². The Labute approximate surface area is 130 Å². The van der Waals surface area contributed by atoms with Crippen molar-refractivity contribution in [2.75, 3.05) is 0 Å². The first-order valence-corrected chi connectivity index (χ1v) is 6.97. The second kappa shape index (κ2) is 5.53. The lowest BCUT2D eigenvalue weighted by molar-refractivity contribution is -0.137. The molecule has 0 aliphatic heterocycles. The zero-order chi connectivity index (χ0) is 16.6. The molecular weight excluding hydrogens is 307 g/mol. The fourth-order valence-corrected chi connectivity index (χ4v) is 2.72. The number of carbonyl (C=O) groups excluding carboxylic acids is 2. The van der Waals surface area contributed by atoms with Crippen molar-refractivity contribution in [1.29, 1.82) is 0 Å². The van der Waals surface area contributed by atoms with E-state index in [9.17, 15) is 22.8 Å². The molecule has 3 nitrogen and oxygen atoms in total. The Morgan fingerprint density at radius 2 is 1.70 bits per heavy atom. The molecule has 0 spiro atoms. The highest BCUT2D eigenvalue weighted by Crippen LogP contribution is 2.32. The van der Waals surface area contributed by atoms with Gasteiger partial charge in [-0.1, -0.05) is 36.4 Å². The molecule has 0 saturated carbocycles. The standard InChI is InChI=1S/C17H12F3NO2/c18-17(19,20)13-8-4-3-7-12(13)16(23)21-14-9-10-5-1-2-6-11(10)15(14)22/h1-8,14H,9H2,(H,21,23). The zero-order valence-electron chi connectivity index (χ0n) is 11.9. The molecule has 0 radical (unpaired) electrons. The third kappa shape index (κ3) is 2.84. The average Bonchev–Trinajstić information content (AvgIpc) is 2.83. The number of hydrogen-bond acceptors (Lipinski definition) is 2. The van der Waals surface area contributed by atoms with Gasteiger partial charge in [0, 0.05) is 12.0 Å². The predicted molar refractivity (Wildman–Crippen MR) is 77.2 cm³/mol. The third-order valence-electron chi connectivity index (χ3n) is 3.81. The van der Waals surface area contributed by atoms with Gasteiger partial charge in [0.15, 0.2) is 5.78 Å². The Morgan fingerprint density at radius 1 is 1.04 bits per heavy atom. The summed E-state index contributed by atoms with van der Waals surface area (Å²) in [4.78, 5) is 24.4. The van der Waals surface area contributed by atoms with Crippen LogP contribution in [0.25, 0.3) is 0 Å². The lowest BCUT2D eigenvalue weighted by atomic mass is 10.1. The van der Waals surface area contributed by atoms with Crippen molar-refractivity contribution in [3.8, 4) is 0 Å². The molecule has 1 atom stereocenters. The highest BCUT2D eigenvalue weighted by molar-refractivity contribution is 6.07. The summed E-state index contributed by atoms with van der Waals surface area (Å²) >= 11 is 0. The number of amides is 1. The second-order valence-electron chi connectivity index (χ2n) is 5.29. The van der Waals surface area contributed by atoms with Gasteiger partial charge in [-0.25, -0.2) is 0 Å². The van der Waals surface area contributed by atoms with Crippen LogP contribution in [0.4, 0.5) is 13.2 Å². The number of ketones is 1. The van der Waals surface area contributed by atoms with E-state index in [0.29, 0.717) is 5.56 Å². The van der Waals surface area contributed by atoms with Crippen LogP contribution in [0.15, 0.2) is 48.5 Å². The smallest absolute Gasteiger partial charge is 0.341 e. The zero-order valence-corrected chi connectivity index (χ0v) is 11.9. The van der Waals surface area contributed by atoms with E-state index in [1.807, 2.05) is 0 Å². The topological polar surface area (TPSA) is 46.2 Å². The van der Waals surface area contributed by atoms with E-state index in [-0.39, 0.29) is 12.2 Å². The minimum Gasteiger partial charge on any atom is -0.341 e. The summed E-state index contributed by atoms with van der Waals surface area (Å²) < 4.78 is 38.9. The normalized spacial score (nSPS) is 17.0. The summed E-state index contributed by atoms with van der Waals surface area (Å²) in [6.45, 7) is 0. The van der Waals surface area contributed by atoms with E-state index in [1.54, 1.807) is 24.3 Å². The van der Waals surface area contributed by atoms with E-state index < -0.39 is 29.3 Å². The molecule has 3 rings (SSSR count). The summed E-state index contributed by atoms with van der Waals surface area (Å²) in [6, 6.07) is 10.6. The third-order valence-corrected chi connectivity index (χ3v) is 3.81. The highest BCUT2D eigenvalue weighted by Gasteiger charge is 2.36. The Balaban J connectivity index is 1.84. The average molecular weight is 319 g/mol. The van der Waals surface area contributed by atoms with Crippen molar-refractivity contribution in [1.82, 2.24) is 5.32 Å². The molecule has 0 bridgehead atoms. The lowest BCUT2D eigenvalue weighted by Crippen LogP contribution is -2.39. The van der Waals surface area contributed by atoms with Crippen LogP contribution in [0.5, 0.6) is 0 Å². The fraction of sp³-hybridized carbons (Fsp3) is 0.176. The fourth-order valence-electron chi connectivity index (χ4n) is 2.72. The molecule has 0 fully saturated rings. The Hall–Kier alpha value is -2.63. The maximum absolute atomic E-state index is 13.0. The van der Waals surface area contributed by atoms with Gasteiger partial charge in [0.05, 0.1) is 17.2 Å². The van der Waals surface area contributed by atoms with Crippen molar-refractivity contribution >= 4 is 11.7 Å². The van der Waals surface area contributed by atoms with Gasteiger partial charge in [-0.2, -0.15) is 13.2 Å². The number of hydrogen-bond donors (Lipinski definition) is 1. The highest BCUT2D eigenvalue weighted by atomic mass is 19.4. The molecule has 118 valence electrons. The van der Waals surface area contributed by atoms with Crippen LogP contribution in [0.3, 0.4) is 0 Å². The molecule has 1 aliphatic carbocycles. The summed E-state index contributed by atoms with van der Waals surface area (Å²) in [7, 11) is 0.